The van der Waals surface area contributed by atoms with E-state index in [0.717, 1.165) is 34.1 Å². The van der Waals surface area contributed by atoms with Crippen LogP contribution in [-0.4, -0.2) is 0 Å². The summed E-state index contributed by atoms with van der Waals surface area (Å²) >= 11 is 0. The molecule has 3 heterocycles. The topological polar surface area (TPSA) is 40.6 Å². The third-order valence-electron chi connectivity index (χ3n) is 13.3. The summed E-state index contributed by atoms with van der Waals surface area (Å²) in [6, 6.07) is 66.3. The molecule has 292 valence electrons. The monoisotopic (exact) mass is 814 g/mol. The number of hydrogen-bond acceptors (Lipinski definition) is 4. The van der Waals surface area contributed by atoms with Gasteiger partial charge in [0.2, 0.25) is 0 Å². The van der Waals surface area contributed by atoms with E-state index < -0.39 is 14.3 Å². The summed E-state index contributed by atoms with van der Waals surface area (Å²) in [4.78, 5) is 4.59. The number of nitrogens with zero attached hydrogens (tertiary/aromatic N) is 2. The second-order valence-corrected chi connectivity index (χ2v) is 22.6. The third-order valence-corrected chi connectivity index (χ3v) is 19.9. The first kappa shape index (κ1) is 36.9. The zero-order valence-electron chi connectivity index (χ0n) is 34.1. The minimum atomic E-state index is -3.65. The first-order chi connectivity index (χ1) is 29.1. The summed E-state index contributed by atoms with van der Waals surface area (Å²) in [5, 5.41) is 3.91. The third kappa shape index (κ3) is 4.99. The van der Waals surface area contributed by atoms with Crippen LogP contribution in [0.3, 0.4) is 0 Å². The Morgan fingerprint density at radius 2 is 0.617 bits per heavy atom. The van der Waals surface area contributed by atoms with Crippen molar-refractivity contribution >= 4 is 80.2 Å². The zero-order chi connectivity index (χ0) is 41.0. The smallest absolute Gasteiger partial charge is 0.172 e. The fraction of sp³-hybridized carbons (Fsp3) is 0.111. The molecule has 8 aromatic rings. The average Bonchev–Trinajstić information content (AvgIpc) is 3.29. The molecule has 2 atom stereocenters. The summed E-state index contributed by atoms with van der Waals surface area (Å²) in [6.45, 7) is 9.12. The number of para-hydroxylation sites is 4. The summed E-state index contributed by atoms with van der Waals surface area (Å²) in [7, 11) is -7.30. The summed E-state index contributed by atoms with van der Waals surface area (Å²) in [5.74, 6) is 0. The van der Waals surface area contributed by atoms with Gasteiger partial charge in [-0.15, -0.1) is 0 Å². The largest absolute Gasteiger partial charge is 0.310 e. The Kier molecular flexibility index (Phi) is 8.09. The molecule has 0 bridgehead atoms. The minimum Gasteiger partial charge on any atom is -0.310 e. The summed E-state index contributed by atoms with van der Waals surface area (Å²) in [5.41, 5.74) is 10.4. The quantitative estimate of drug-likeness (QED) is 0.166. The minimum absolute atomic E-state index is 0.234. The van der Waals surface area contributed by atoms with Crippen molar-refractivity contribution in [1.82, 2.24) is 0 Å². The van der Waals surface area contributed by atoms with Crippen molar-refractivity contribution in [3.63, 3.8) is 0 Å². The number of benzene rings is 8. The van der Waals surface area contributed by atoms with E-state index in [4.69, 9.17) is 0 Å². The Balaban J connectivity index is 1.20. The standard InChI is InChI=1S/C54H44N2O2P2/c1-53(2)41-23-11-15-27-45(41)55(46-28-16-12-24-42(46)53)37-31-33-49-51(35-37)59(57,39-19-7-5-8-20-39)50-34-32-38(36-52(50)60(49,58)40-21-9-6-10-22-40)56-47-29-17-13-25-43(47)54(3,4)44-26-14-18-30-48(44)56/h5-36H,1-4H3. The van der Waals surface area contributed by atoms with Crippen LogP contribution in [0, 0.1) is 0 Å². The van der Waals surface area contributed by atoms with Crippen molar-refractivity contribution in [2.75, 3.05) is 9.80 Å². The lowest BCUT2D eigenvalue weighted by atomic mass is 9.73. The molecule has 0 aromatic heterocycles. The van der Waals surface area contributed by atoms with Crippen LogP contribution in [-0.2, 0) is 20.0 Å². The highest BCUT2D eigenvalue weighted by Gasteiger charge is 2.49. The molecule has 0 radical (unpaired) electrons. The number of hydrogen-bond donors (Lipinski definition) is 0. The lowest BCUT2D eigenvalue weighted by molar-refractivity contribution is 0.589. The molecule has 60 heavy (non-hydrogen) atoms. The van der Waals surface area contributed by atoms with Crippen LogP contribution in [0.1, 0.15) is 49.9 Å². The predicted molar refractivity (Wildman–Crippen MR) is 252 cm³/mol. The maximum absolute atomic E-state index is 16.8. The van der Waals surface area contributed by atoms with Gasteiger partial charge in [-0.25, -0.2) is 0 Å². The van der Waals surface area contributed by atoms with Gasteiger partial charge in [-0.2, -0.15) is 0 Å². The van der Waals surface area contributed by atoms with Gasteiger partial charge in [0.25, 0.3) is 0 Å². The van der Waals surface area contributed by atoms with E-state index in [1.165, 1.54) is 22.3 Å². The van der Waals surface area contributed by atoms with Crippen molar-refractivity contribution in [2.45, 2.75) is 38.5 Å². The van der Waals surface area contributed by atoms with Crippen molar-refractivity contribution in [3.05, 3.63) is 216 Å². The molecule has 11 rings (SSSR count). The van der Waals surface area contributed by atoms with Crippen LogP contribution >= 0.6 is 14.3 Å². The SMILES string of the molecule is CC1(C)c2ccccc2N(c2ccc3c(c2)P(=O)(c2ccccc2)c2ccc(N4c5ccccc5C(C)(C)c5ccccc54)cc2P3(=O)c2ccccc2)c2ccccc21. The van der Waals surface area contributed by atoms with E-state index >= 15 is 9.13 Å². The van der Waals surface area contributed by atoms with Crippen LogP contribution in [0.5, 0.6) is 0 Å². The van der Waals surface area contributed by atoms with Gasteiger partial charge in [-0.3, -0.25) is 0 Å². The van der Waals surface area contributed by atoms with Gasteiger partial charge in [0.15, 0.2) is 14.3 Å². The highest BCUT2D eigenvalue weighted by molar-refractivity contribution is 7.95. The summed E-state index contributed by atoms with van der Waals surface area (Å²) < 4.78 is 33.7. The molecule has 6 heteroatoms. The van der Waals surface area contributed by atoms with Gasteiger partial charge in [-0.1, -0.05) is 161 Å². The van der Waals surface area contributed by atoms with Crippen molar-refractivity contribution < 1.29 is 9.13 Å². The second-order valence-electron chi connectivity index (χ2n) is 17.2. The van der Waals surface area contributed by atoms with Gasteiger partial charge >= 0.3 is 0 Å². The second kappa shape index (κ2) is 13.2. The van der Waals surface area contributed by atoms with E-state index in [2.05, 4.69) is 159 Å². The Morgan fingerprint density at radius 3 is 0.933 bits per heavy atom. The molecule has 2 unspecified atom stereocenters. The maximum Gasteiger partial charge on any atom is 0.172 e. The van der Waals surface area contributed by atoms with Gasteiger partial charge in [0.1, 0.15) is 0 Å². The van der Waals surface area contributed by atoms with E-state index in [1.807, 2.05) is 72.8 Å². The van der Waals surface area contributed by atoms with Gasteiger partial charge in [0, 0.05) is 54.0 Å². The Morgan fingerprint density at radius 1 is 0.333 bits per heavy atom. The molecular weight excluding hydrogens is 771 g/mol. The molecule has 0 saturated heterocycles. The lowest BCUT2D eigenvalue weighted by Gasteiger charge is -2.43. The molecule has 8 aromatic carbocycles. The van der Waals surface area contributed by atoms with Crippen LogP contribution in [0.4, 0.5) is 34.1 Å². The lowest BCUT2D eigenvalue weighted by Crippen LogP contribution is -2.49. The van der Waals surface area contributed by atoms with Gasteiger partial charge < -0.3 is 18.9 Å². The maximum atomic E-state index is 16.8. The fourth-order valence-electron chi connectivity index (χ4n) is 10.3. The van der Waals surface area contributed by atoms with Crippen LogP contribution in [0.2, 0.25) is 0 Å². The molecule has 0 N–H and O–H groups in total. The Hall–Kier alpha value is -6.18. The molecular formula is C54H44N2O2P2. The van der Waals surface area contributed by atoms with Crippen molar-refractivity contribution in [1.29, 1.82) is 0 Å². The van der Waals surface area contributed by atoms with Crippen molar-refractivity contribution in [3.8, 4) is 0 Å². The van der Waals surface area contributed by atoms with Crippen LogP contribution in [0.15, 0.2) is 194 Å². The van der Waals surface area contributed by atoms with Gasteiger partial charge in [0.05, 0.1) is 22.7 Å². The van der Waals surface area contributed by atoms with E-state index in [1.54, 1.807) is 0 Å². The van der Waals surface area contributed by atoms with Crippen molar-refractivity contribution in [2.24, 2.45) is 0 Å². The molecule has 0 saturated carbocycles. The zero-order valence-corrected chi connectivity index (χ0v) is 35.9. The number of anilines is 6. The molecule has 4 nitrogen and oxygen atoms in total. The normalized spacial score (nSPS) is 20.1. The van der Waals surface area contributed by atoms with Gasteiger partial charge in [-0.05, 0) is 82.9 Å². The summed E-state index contributed by atoms with van der Waals surface area (Å²) in [6.07, 6.45) is 0. The van der Waals surface area contributed by atoms with E-state index in [0.29, 0.717) is 31.8 Å². The number of fused-ring (bicyclic) bond motifs is 6. The van der Waals surface area contributed by atoms with E-state index in [9.17, 15) is 0 Å². The number of rotatable bonds is 4. The molecule has 0 aliphatic carbocycles. The van der Waals surface area contributed by atoms with Crippen LogP contribution in [0.25, 0.3) is 0 Å². The molecule has 3 aliphatic heterocycles. The molecule has 3 aliphatic rings. The van der Waals surface area contributed by atoms with E-state index in [-0.39, 0.29) is 10.8 Å². The first-order valence-electron chi connectivity index (χ1n) is 20.7. The Labute approximate surface area is 352 Å². The highest BCUT2D eigenvalue weighted by Crippen LogP contribution is 2.58. The fourth-order valence-corrected chi connectivity index (χ4v) is 17.6. The highest BCUT2D eigenvalue weighted by atomic mass is 31.2. The van der Waals surface area contributed by atoms with Crippen LogP contribution < -0.4 is 41.6 Å². The predicted octanol–water partition coefficient (Wildman–Crippen LogP) is 11.5. The molecule has 0 amide bonds. The molecule has 0 spiro atoms. The first-order valence-corrected chi connectivity index (χ1v) is 24.1. The Bertz CT molecular complexity index is 2830. The average molecular weight is 815 g/mol. The molecule has 0 fully saturated rings.